The van der Waals surface area contributed by atoms with Crippen LogP contribution in [0.2, 0.25) is 0 Å². The molecule has 0 amide bonds. The normalized spacial score (nSPS) is 19.5. The number of benzene rings is 1. The van der Waals surface area contributed by atoms with Crippen LogP contribution in [0.1, 0.15) is 37.8 Å². The number of oxime groups is 1. The zero-order chi connectivity index (χ0) is 18.0. The van der Waals surface area contributed by atoms with Crippen molar-refractivity contribution < 1.29 is 23.2 Å². The van der Waals surface area contributed by atoms with Crippen molar-refractivity contribution in [2.75, 3.05) is 6.26 Å². The summed E-state index contributed by atoms with van der Waals surface area (Å²) in [6, 6.07) is 7.44. The second kappa shape index (κ2) is 6.65. The van der Waals surface area contributed by atoms with E-state index in [0.29, 0.717) is 12.1 Å². The molecule has 2 rings (SSSR count). The molecule has 0 saturated heterocycles. The second-order valence-electron chi connectivity index (χ2n) is 5.93. The van der Waals surface area contributed by atoms with Gasteiger partial charge in [0.25, 0.3) is 0 Å². The summed E-state index contributed by atoms with van der Waals surface area (Å²) in [5, 5.41) is 13.3. The fourth-order valence-electron chi connectivity index (χ4n) is 2.43. The Morgan fingerprint density at radius 3 is 2.54 bits per heavy atom. The summed E-state index contributed by atoms with van der Waals surface area (Å²) >= 11 is 0. The molecule has 0 aromatic heterocycles. The Balaban J connectivity index is 2.11. The lowest BCUT2D eigenvalue weighted by molar-refractivity contribution is -0.140. The van der Waals surface area contributed by atoms with E-state index in [1.165, 1.54) is 6.92 Å². The number of carboxylic acids is 1. The Labute approximate surface area is 141 Å². The number of carbonyl (C=O) groups is 1. The number of hydrogen-bond donors (Lipinski definition) is 1. The van der Waals surface area contributed by atoms with Crippen LogP contribution in [0, 0.1) is 11.8 Å². The Morgan fingerprint density at radius 2 is 2.04 bits per heavy atom. The fraction of sp³-hybridized carbons (Fsp3) is 0.412. The van der Waals surface area contributed by atoms with Gasteiger partial charge in [-0.15, -0.1) is 5.92 Å². The number of sulfone groups is 1. The molecule has 2 atom stereocenters. The summed E-state index contributed by atoms with van der Waals surface area (Å²) < 4.78 is 21.8. The Hall–Kier alpha value is -2.33. The SMILES string of the molecule is CC#Cc1ccc(C2=NOC(CC(C)(C(=O)O)S(C)(=O)=O)C2)cc1. The summed E-state index contributed by atoms with van der Waals surface area (Å²) in [6.07, 6.45) is 0.529. The maximum absolute atomic E-state index is 11.8. The van der Waals surface area contributed by atoms with Crippen molar-refractivity contribution in [3.63, 3.8) is 0 Å². The van der Waals surface area contributed by atoms with Crippen molar-refractivity contribution >= 4 is 21.5 Å². The van der Waals surface area contributed by atoms with Gasteiger partial charge in [-0.3, -0.25) is 4.79 Å². The molecule has 1 aliphatic heterocycles. The molecule has 2 unspecified atom stereocenters. The number of nitrogens with zero attached hydrogens (tertiary/aromatic N) is 1. The van der Waals surface area contributed by atoms with Crippen molar-refractivity contribution in [3.05, 3.63) is 35.4 Å². The smallest absolute Gasteiger partial charge is 0.324 e. The average Bonchev–Trinajstić information content (AvgIpc) is 2.95. The largest absolute Gasteiger partial charge is 0.480 e. The van der Waals surface area contributed by atoms with Gasteiger partial charge in [-0.1, -0.05) is 23.2 Å². The Bertz CT molecular complexity index is 830. The summed E-state index contributed by atoms with van der Waals surface area (Å²) in [6.45, 7) is 2.96. The maximum Gasteiger partial charge on any atom is 0.324 e. The molecule has 128 valence electrons. The van der Waals surface area contributed by atoms with Gasteiger partial charge >= 0.3 is 5.97 Å². The molecule has 1 heterocycles. The molecule has 6 nitrogen and oxygen atoms in total. The molecule has 1 aromatic rings. The molecule has 0 bridgehead atoms. The van der Waals surface area contributed by atoms with E-state index in [2.05, 4.69) is 17.0 Å². The topological polar surface area (TPSA) is 93.0 Å². The van der Waals surface area contributed by atoms with Crippen LogP contribution in [0.5, 0.6) is 0 Å². The predicted octanol–water partition coefficient (Wildman–Crippen LogP) is 1.83. The van der Waals surface area contributed by atoms with Crippen molar-refractivity contribution in [3.8, 4) is 11.8 Å². The van der Waals surface area contributed by atoms with Gasteiger partial charge in [0.1, 0.15) is 6.10 Å². The van der Waals surface area contributed by atoms with Gasteiger partial charge in [-0.2, -0.15) is 0 Å². The van der Waals surface area contributed by atoms with Gasteiger partial charge in [0.15, 0.2) is 14.6 Å². The van der Waals surface area contributed by atoms with Crippen molar-refractivity contribution in [1.29, 1.82) is 0 Å². The molecule has 0 radical (unpaired) electrons. The Kier molecular flexibility index (Phi) is 4.99. The number of carboxylic acid groups (broad SMARTS) is 1. The van der Waals surface area contributed by atoms with Crippen LogP contribution >= 0.6 is 0 Å². The Morgan fingerprint density at radius 1 is 1.42 bits per heavy atom. The molecular weight excluding hydrogens is 330 g/mol. The second-order valence-corrected chi connectivity index (χ2v) is 8.38. The van der Waals surface area contributed by atoms with E-state index < -0.39 is 26.7 Å². The monoisotopic (exact) mass is 349 g/mol. The van der Waals surface area contributed by atoms with Crippen molar-refractivity contribution in [2.24, 2.45) is 5.16 Å². The summed E-state index contributed by atoms with van der Waals surface area (Å²) in [4.78, 5) is 16.7. The van der Waals surface area contributed by atoms with Crippen molar-refractivity contribution in [1.82, 2.24) is 0 Å². The molecule has 24 heavy (non-hydrogen) atoms. The number of aliphatic carboxylic acids is 1. The summed E-state index contributed by atoms with van der Waals surface area (Å²) in [7, 11) is -3.79. The first-order valence-electron chi connectivity index (χ1n) is 7.36. The fourth-order valence-corrected chi connectivity index (χ4v) is 3.24. The zero-order valence-electron chi connectivity index (χ0n) is 13.7. The minimum absolute atomic E-state index is 0.159. The lowest BCUT2D eigenvalue weighted by Crippen LogP contribution is -2.45. The number of hydrogen-bond acceptors (Lipinski definition) is 5. The lowest BCUT2D eigenvalue weighted by Gasteiger charge is -2.24. The predicted molar refractivity (Wildman–Crippen MR) is 90.5 cm³/mol. The molecular formula is C17H19NO5S. The van der Waals surface area contributed by atoms with E-state index in [1.54, 1.807) is 6.92 Å². The molecule has 0 aliphatic carbocycles. The molecule has 1 N–H and O–H groups in total. The first kappa shape index (κ1) is 18.0. The maximum atomic E-state index is 11.8. The first-order chi connectivity index (χ1) is 11.2. The van der Waals surface area contributed by atoms with E-state index >= 15 is 0 Å². The van der Waals surface area contributed by atoms with Crippen LogP contribution in [0.3, 0.4) is 0 Å². The van der Waals surface area contributed by atoms with Gasteiger partial charge in [0.2, 0.25) is 0 Å². The third-order valence-corrected chi connectivity index (χ3v) is 6.09. The van der Waals surface area contributed by atoms with Gasteiger partial charge in [0.05, 0.1) is 5.71 Å². The highest BCUT2D eigenvalue weighted by Crippen LogP contribution is 2.29. The van der Waals surface area contributed by atoms with Crippen molar-refractivity contribution in [2.45, 2.75) is 37.5 Å². The molecule has 0 spiro atoms. The van der Waals surface area contributed by atoms with Crippen LogP contribution in [-0.4, -0.2) is 42.3 Å². The highest BCUT2D eigenvalue weighted by atomic mass is 32.2. The van der Waals surface area contributed by atoms with Crippen LogP contribution < -0.4 is 0 Å². The van der Waals surface area contributed by atoms with Crippen LogP contribution in [0.25, 0.3) is 0 Å². The minimum atomic E-state index is -3.79. The molecule has 1 aliphatic rings. The van der Waals surface area contributed by atoms with Gasteiger partial charge in [-0.05, 0) is 31.5 Å². The van der Waals surface area contributed by atoms with E-state index in [-0.39, 0.29) is 6.42 Å². The highest BCUT2D eigenvalue weighted by molar-refractivity contribution is 7.92. The first-order valence-corrected chi connectivity index (χ1v) is 9.25. The van der Waals surface area contributed by atoms with Gasteiger partial charge in [0, 0.05) is 24.7 Å². The van der Waals surface area contributed by atoms with Gasteiger partial charge in [-0.25, -0.2) is 8.42 Å². The van der Waals surface area contributed by atoms with E-state index in [1.807, 2.05) is 24.3 Å². The zero-order valence-corrected chi connectivity index (χ0v) is 14.6. The molecule has 0 fully saturated rings. The highest BCUT2D eigenvalue weighted by Gasteiger charge is 2.47. The van der Waals surface area contributed by atoms with Crippen LogP contribution in [0.4, 0.5) is 0 Å². The quantitative estimate of drug-likeness (QED) is 0.819. The lowest BCUT2D eigenvalue weighted by atomic mass is 9.97. The molecule has 1 aromatic carbocycles. The van der Waals surface area contributed by atoms with Crippen LogP contribution in [0.15, 0.2) is 29.4 Å². The third-order valence-electron chi connectivity index (χ3n) is 4.11. The van der Waals surface area contributed by atoms with E-state index in [4.69, 9.17) is 4.84 Å². The molecule has 0 saturated carbocycles. The standard InChI is InChI=1S/C17H19NO5S/c1-4-5-12-6-8-13(9-7-12)15-10-14(23-18-15)11-17(2,16(19)20)24(3,21)22/h6-9,14H,10-11H2,1-3H3,(H,19,20). The minimum Gasteiger partial charge on any atom is -0.480 e. The average molecular weight is 349 g/mol. The molecule has 7 heteroatoms. The van der Waals surface area contributed by atoms with E-state index in [0.717, 1.165) is 17.4 Å². The number of rotatable bonds is 5. The summed E-state index contributed by atoms with van der Waals surface area (Å²) in [5.41, 5.74) is 2.39. The summed E-state index contributed by atoms with van der Waals surface area (Å²) in [5.74, 6) is 4.37. The van der Waals surface area contributed by atoms with E-state index in [9.17, 15) is 18.3 Å². The van der Waals surface area contributed by atoms with Gasteiger partial charge < -0.3 is 9.94 Å². The third kappa shape index (κ3) is 3.60. The van der Waals surface area contributed by atoms with Crippen LogP contribution in [-0.2, 0) is 19.5 Å².